The van der Waals surface area contributed by atoms with Gasteiger partial charge in [-0.1, -0.05) is 25.1 Å². The summed E-state index contributed by atoms with van der Waals surface area (Å²) >= 11 is 0. The molecule has 0 heterocycles. The van der Waals surface area contributed by atoms with Gasteiger partial charge in [0.05, 0.1) is 13.0 Å². The highest BCUT2D eigenvalue weighted by Gasteiger charge is 2.17. The smallest absolute Gasteiger partial charge is 0.306 e. The van der Waals surface area contributed by atoms with Gasteiger partial charge in [0.25, 0.3) is 0 Å². The van der Waals surface area contributed by atoms with E-state index >= 15 is 0 Å². The van der Waals surface area contributed by atoms with Gasteiger partial charge in [-0.15, -0.1) is 0 Å². The van der Waals surface area contributed by atoms with E-state index < -0.39 is 5.97 Å². The Bertz CT molecular complexity index is 333. The summed E-state index contributed by atoms with van der Waals surface area (Å²) < 4.78 is 5.18. The van der Waals surface area contributed by atoms with Crippen LogP contribution in [-0.4, -0.2) is 18.2 Å². The molecule has 0 aliphatic carbocycles. The molecule has 0 bridgehead atoms. The van der Waals surface area contributed by atoms with Gasteiger partial charge < -0.3 is 9.84 Å². The fourth-order valence-electron chi connectivity index (χ4n) is 1.54. The standard InChI is InChI=1S/C12H16O3/c1-3-9(12(13)14)8-10-6-4-5-7-11(10)15-2/h4-7,9H,3,8H2,1-2H3,(H,13,14)/t9-/m0/s1. The van der Waals surface area contributed by atoms with Crippen LogP contribution in [-0.2, 0) is 11.2 Å². The van der Waals surface area contributed by atoms with Crippen molar-refractivity contribution in [3.05, 3.63) is 29.8 Å². The molecular weight excluding hydrogens is 192 g/mol. The van der Waals surface area contributed by atoms with E-state index in [0.717, 1.165) is 11.3 Å². The predicted octanol–water partition coefficient (Wildman–Crippen LogP) is 2.35. The maximum atomic E-state index is 10.9. The quantitative estimate of drug-likeness (QED) is 0.807. The highest BCUT2D eigenvalue weighted by atomic mass is 16.5. The van der Waals surface area contributed by atoms with E-state index in [2.05, 4.69) is 0 Å². The van der Waals surface area contributed by atoms with Gasteiger partial charge in [0.15, 0.2) is 0 Å². The van der Waals surface area contributed by atoms with Crippen molar-refractivity contribution < 1.29 is 14.6 Å². The second kappa shape index (κ2) is 5.39. The summed E-state index contributed by atoms with van der Waals surface area (Å²) in [7, 11) is 1.60. The summed E-state index contributed by atoms with van der Waals surface area (Å²) in [5, 5.41) is 8.96. The molecule has 1 aromatic rings. The summed E-state index contributed by atoms with van der Waals surface area (Å²) in [6, 6.07) is 7.53. The van der Waals surface area contributed by atoms with Gasteiger partial charge in [-0.3, -0.25) is 4.79 Å². The summed E-state index contributed by atoms with van der Waals surface area (Å²) in [6.45, 7) is 1.88. The minimum Gasteiger partial charge on any atom is -0.496 e. The lowest BCUT2D eigenvalue weighted by Gasteiger charge is -2.12. The first kappa shape index (κ1) is 11.6. The first-order valence-electron chi connectivity index (χ1n) is 5.03. The monoisotopic (exact) mass is 208 g/mol. The van der Waals surface area contributed by atoms with Crippen LogP contribution in [0.1, 0.15) is 18.9 Å². The average Bonchev–Trinajstić information content (AvgIpc) is 2.25. The van der Waals surface area contributed by atoms with Crippen molar-refractivity contribution in [3.63, 3.8) is 0 Å². The molecule has 1 aromatic carbocycles. The Kier molecular flexibility index (Phi) is 4.16. The number of rotatable bonds is 5. The van der Waals surface area contributed by atoms with E-state index in [9.17, 15) is 4.79 Å². The van der Waals surface area contributed by atoms with Crippen LogP contribution in [0.3, 0.4) is 0 Å². The minimum atomic E-state index is -0.747. The van der Waals surface area contributed by atoms with E-state index in [1.165, 1.54) is 0 Å². The van der Waals surface area contributed by atoms with Crippen LogP contribution in [0.15, 0.2) is 24.3 Å². The zero-order valence-corrected chi connectivity index (χ0v) is 9.06. The van der Waals surface area contributed by atoms with Crippen molar-refractivity contribution in [2.75, 3.05) is 7.11 Å². The third-order valence-corrected chi connectivity index (χ3v) is 2.50. The molecule has 0 saturated heterocycles. The number of ether oxygens (including phenoxy) is 1. The second-order valence-electron chi connectivity index (χ2n) is 3.46. The van der Waals surface area contributed by atoms with Crippen molar-refractivity contribution in [1.29, 1.82) is 0 Å². The predicted molar refractivity (Wildman–Crippen MR) is 58.1 cm³/mol. The zero-order valence-electron chi connectivity index (χ0n) is 9.06. The molecule has 0 aromatic heterocycles. The van der Waals surface area contributed by atoms with Crippen molar-refractivity contribution in [1.82, 2.24) is 0 Å². The Balaban J connectivity index is 2.82. The molecule has 0 unspecified atom stereocenters. The van der Waals surface area contributed by atoms with E-state index in [0.29, 0.717) is 12.8 Å². The first-order valence-corrected chi connectivity index (χ1v) is 5.03. The Morgan fingerprint density at radius 2 is 2.13 bits per heavy atom. The van der Waals surface area contributed by atoms with Crippen molar-refractivity contribution in [3.8, 4) is 5.75 Å². The molecule has 0 spiro atoms. The molecule has 0 amide bonds. The normalized spacial score (nSPS) is 12.1. The Morgan fingerprint density at radius 1 is 1.47 bits per heavy atom. The van der Waals surface area contributed by atoms with Crippen LogP contribution in [0.5, 0.6) is 5.75 Å². The third-order valence-electron chi connectivity index (χ3n) is 2.50. The van der Waals surface area contributed by atoms with Gasteiger partial charge in [-0.05, 0) is 24.5 Å². The fraction of sp³-hybridized carbons (Fsp3) is 0.417. The van der Waals surface area contributed by atoms with E-state index in [4.69, 9.17) is 9.84 Å². The molecule has 0 saturated carbocycles. The Hall–Kier alpha value is -1.51. The van der Waals surface area contributed by atoms with Crippen LogP contribution in [0.4, 0.5) is 0 Å². The number of carboxylic acids is 1. The van der Waals surface area contributed by atoms with E-state index in [1.54, 1.807) is 7.11 Å². The number of hydrogen-bond donors (Lipinski definition) is 1. The number of methoxy groups -OCH3 is 1. The lowest BCUT2D eigenvalue weighted by Crippen LogP contribution is -2.15. The van der Waals surface area contributed by atoms with Crippen LogP contribution in [0.2, 0.25) is 0 Å². The summed E-state index contributed by atoms with van der Waals surface area (Å²) in [5.74, 6) is -0.318. The fourth-order valence-corrected chi connectivity index (χ4v) is 1.54. The Morgan fingerprint density at radius 3 is 2.67 bits per heavy atom. The highest BCUT2D eigenvalue weighted by molar-refractivity contribution is 5.70. The number of aliphatic carboxylic acids is 1. The molecule has 1 rings (SSSR count). The molecule has 3 nitrogen and oxygen atoms in total. The van der Waals surface area contributed by atoms with Crippen molar-refractivity contribution in [2.24, 2.45) is 5.92 Å². The average molecular weight is 208 g/mol. The molecular formula is C12H16O3. The van der Waals surface area contributed by atoms with Crippen LogP contribution < -0.4 is 4.74 Å². The molecule has 15 heavy (non-hydrogen) atoms. The number of para-hydroxylation sites is 1. The first-order chi connectivity index (χ1) is 7.19. The van der Waals surface area contributed by atoms with Crippen LogP contribution >= 0.6 is 0 Å². The summed E-state index contributed by atoms with van der Waals surface area (Å²) in [4.78, 5) is 10.9. The molecule has 1 atom stereocenters. The van der Waals surface area contributed by atoms with Gasteiger partial charge in [0.1, 0.15) is 5.75 Å². The highest BCUT2D eigenvalue weighted by Crippen LogP contribution is 2.22. The topological polar surface area (TPSA) is 46.5 Å². The number of benzene rings is 1. The number of carboxylic acid groups (broad SMARTS) is 1. The van der Waals surface area contributed by atoms with Crippen molar-refractivity contribution >= 4 is 5.97 Å². The lowest BCUT2D eigenvalue weighted by molar-refractivity contribution is -0.141. The largest absolute Gasteiger partial charge is 0.496 e. The molecule has 0 aliphatic rings. The van der Waals surface area contributed by atoms with E-state index in [-0.39, 0.29) is 5.92 Å². The number of carbonyl (C=O) groups is 1. The van der Waals surface area contributed by atoms with Gasteiger partial charge in [0.2, 0.25) is 0 Å². The van der Waals surface area contributed by atoms with E-state index in [1.807, 2.05) is 31.2 Å². The summed E-state index contributed by atoms with van der Waals surface area (Å²) in [5.41, 5.74) is 0.953. The third kappa shape index (κ3) is 2.98. The molecule has 0 fully saturated rings. The molecule has 0 aliphatic heterocycles. The maximum Gasteiger partial charge on any atom is 0.306 e. The molecule has 3 heteroatoms. The molecule has 0 radical (unpaired) electrons. The summed E-state index contributed by atoms with van der Waals surface area (Å²) in [6.07, 6.45) is 1.16. The lowest BCUT2D eigenvalue weighted by atomic mass is 9.96. The molecule has 82 valence electrons. The minimum absolute atomic E-state index is 0.332. The van der Waals surface area contributed by atoms with Gasteiger partial charge in [-0.2, -0.15) is 0 Å². The molecule has 1 N–H and O–H groups in total. The van der Waals surface area contributed by atoms with Crippen LogP contribution in [0, 0.1) is 5.92 Å². The van der Waals surface area contributed by atoms with Gasteiger partial charge >= 0.3 is 5.97 Å². The zero-order chi connectivity index (χ0) is 11.3. The SMILES string of the molecule is CC[C@@H](Cc1ccccc1OC)C(=O)O. The van der Waals surface area contributed by atoms with Gasteiger partial charge in [-0.25, -0.2) is 0 Å². The van der Waals surface area contributed by atoms with Gasteiger partial charge in [0, 0.05) is 0 Å². The van der Waals surface area contributed by atoms with Crippen molar-refractivity contribution in [2.45, 2.75) is 19.8 Å². The number of hydrogen-bond acceptors (Lipinski definition) is 2. The second-order valence-corrected chi connectivity index (χ2v) is 3.46. The van der Waals surface area contributed by atoms with Crippen LogP contribution in [0.25, 0.3) is 0 Å². The Labute approximate surface area is 89.7 Å². The maximum absolute atomic E-state index is 10.9.